The van der Waals surface area contributed by atoms with E-state index >= 15 is 0 Å². The van der Waals surface area contributed by atoms with Crippen molar-refractivity contribution in [3.63, 3.8) is 0 Å². The summed E-state index contributed by atoms with van der Waals surface area (Å²) in [7, 11) is 1.00. The van der Waals surface area contributed by atoms with Crippen LogP contribution in [0.2, 0.25) is 0 Å². The van der Waals surface area contributed by atoms with Gasteiger partial charge in [0.15, 0.2) is 0 Å². The fourth-order valence-corrected chi connectivity index (χ4v) is 2.36. The summed E-state index contributed by atoms with van der Waals surface area (Å²) in [5.74, 6) is -1.33. The van der Waals surface area contributed by atoms with Crippen molar-refractivity contribution in [2.24, 2.45) is 0 Å². The van der Waals surface area contributed by atoms with Crippen LogP contribution >= 0.6 is 11.8 Å². The van der Waals surface area contributed by atoms with Crippen LogP contribution in [0.5, 0.6) is 0 Å². The predicted molar refractivity (Wildman–Crippen MR) is 94.2 cm³/mol. The standard InChI is InChI=1S/C12H18F7NO2S.CH4O.2CH2O/c1-9(2,7-21)20-8(22)3-5-23-6-4-10(13,11(14,15)16)12(17,18)19;3*1-2/h21H,3-7H2,1-2H3,(H,20,22);2H,1H3;2*1H2. The van der Waals surface area contributed by atoms with Gasteiger partial charge in [-0.1, -0.05) is 0 Å². The summed E-state index contributed by atoms with van der Waals surface area (Å²) in [5.41, 5.74) is -6.14. The van der Waals surface area contributed by atoms with Crippen LogP contribution in [-0.2, 0) is 14.4 Å². The van der Waals surface area contributed by atoms with Gasteiger partial charge in [-0.05, 0) is 19.6 Å². The molecule has 0 unspecified atom stereocenters. The van der Waals surface area contributed by atoms with Crippen LogP contribution in [0.3, 0.4) is 0 Å². The van der Waals surface area contributed by atoms with Crippen LogP contribution in [0, 0.1) is 0 Å². The first kappa shape index (κ1) is 35.1. The molecule has 0 aliphatic heterocycles. The van der Waals surface area contributed by atoms with Crippen molar-refractivity contribution in [3.8, 4) is 0 Å². The Hall–Kier alpha value is -1.41. The van der Waals surface area contributed by atoms with Crippen molar-refractivity contribution in [3.05, 3.63) is 0 Å². The topological polar surface area (TPSA) is 104 Å². The third kappa shape index (κ3) is 14.3. The van der Waals surface area contributed by atoms with Gasteiger partial charge in [-0.3, -0.25) is 4.79 Å². The molecule has 29 heavy (non-hydrogen) atoms. The first-order valence-electron chi connectivity index (χ1n) is 7.51. The summed E-state index contributed by atoms with van der Waals surface area (Å²) >= 11 is 0.611. The van der Waals surface area contributed by atoms with Gasteiger partial charge in [0.1, 0.15) is 13.6 Å². The summed E-state index contributed by atoms with van der Waals surface area (Å²) in [6.07, 6.45) is -14.0. The van der Waals surface area contributed by atoms with Crippen LogP contribution in [0.4, 0.5) is 30.7 Å². The molecule has 0 heterocycles. The number of hydrogen-bond donors (Lipinski definition) is 3. The molecule has 0 fully saturated rings. The van der Waals surface area contributed by atoms with E-state index in [1.165, 1.54) is 13.8 Å². The molecule has 0 rings (SSSR count). The van der Waals surface area contributed by atoms with E-state index in [0.717, 1.165) is 7.11 Å². The smallest absolute Gasteiger partial charge is 0.400 e. The maximum atomic E-state index is 13.3. The van der Waals surface area contributed by atoms with E-state index in [1.807, 2.05) is 13.6 Å². The van der Waals surface area contributed by atoms with Gasteiger partial charge in [0.05, 0.1) is 12.1 Å². The summed E-state index contributed by atoms with van der Waals surface area (Å²) in [4.78, 5) is 27.4. The second-order valence-electron chi connectivity index (χ2n) is 5.50. The molecule has 0 radical (unpaired) electrons. The summed E-state index contributed by atoms with van der Waals surface area (Å²) < 4.78 is 86.9. The molecule has 1 amide bonds. The number of amides is 1. The molecule has 0 aromatic rings. The molecule has 0 aliphatic carbocycles. The molecule has 3 N–H and O–H groups in total. The lowest BCUT2D eigenvalue weighted by Crippen LogP contribution is -2.53. The van der Waals surface area contributed by atoms with Crippen molar-refractivity contribution in [2.45, 2.75) is 50.2 Å². The zero-order chi connectivity index (χ0) is 24.5. The van der Waals surface area contributed by atoms with E-state index in [4.69, 9.17) is 19.8 Å². The normalized spacial score (nSPS) is 11.6. The van der Waals surface area contributed by atoms with Gasteiger partial charge < -0.3 is 25.1 Å². The number of aliphatic hydroxyl groups excluding tert-OH is 2. The van der Waals surface area contributed by atoms with E-state index in [1.54, 1.807) is 0 Å². The molecule has 0 spiro atoms. The number of alkyl halides is 7. The van der Waals surface area contributed by atoms with E-state index in [2.05, 4.69) is 5.32 Å². The first-order valence-corrected chi connectivity index (χ1v) is 8.66. The van der Waals surface area contributed by atoms with Crippen molar-refractivity contribution < 1.29 is 55.3 Å². The zero-order valence-corrected chi connectivity index (χ0v) is 16.9. The summed E-state index contributed by atoms with van der Waals surface area (Å²) in [5, 5.41) is 18.3. The van der Waals surface area contributed by atoms with E-state index in [9.17, 15) is 35.5 Å². The highest BCUT2D eigenvalue weighted by Crippen LogP contribution is 2.48. The van der Waals surface area contributed by atoms with Gasteiger partial charge in [0.2, 0.25) is 5.91 Å². The first-order chi connectivity index (χ1) is 13.2. The maximum Gasteiger partial charge on any atom is 0.431 e. The van der Waals surface area contributed by atoms with Crippen LogP contribution in [0.25, 0.3) is 0 Å². The Kier molecular flexibility index (Phi) is 19.8. The van der Waals surface area contributed by atoms with Crippen molar-refractivity contribution in [1.82, 2.24) is 5.32 Å². The summed E-state index contributed by atoms with van der Waals surface area (Å²) in [6.45, 7) is 6.72. The van der Waals surface area contributed by atoms with Crippen molar-refractivity contribution in [2.75, 3.05) is 25.2 Å². The molecule has 0 aromatic carbocycles. The third-order valence-electron chi connectivity index (χ3n) is 2.84. The number of halogens is 7. The van der Waals surface area contributed by atoms with Crippen LogP contribution in [0.15, 0.2) is 0 Å². The number of thioether (sulfide) groups is 1. The molecule has 0 bridgehead atoms. The molecular formula is C15H26F7NO5S. The maximum absolute atomic E-state index is 13.3. The van der Waals surface area contributed by atoms with Crippen LogP contribution in [-0.4, -0.2) is 78.5 Å². The molecule has 14 heteroatoms. The van der Waals surface area contributed by atoms with E-state index in [-0.39, 0.29) is 18.8 Å². The average Bonchev–Trinajstić information content (AvgIpc) is 2.64. The van der Waals surface area contributed by atoms with Gasteiger partial charge in [-0.25, -0.2) is 4.39 Å². The molecule has 176 valence electrons. The molecule has 0 saturated heterocycles. The number of carbonyl (C=O) groups is 3. The minimum atomic E-state index is -6.05. The highest BCUT2D eigenvalue weighted by molar-refractivity contribution is 7.99. The minimum Gasteiger partial charge on any atom is -0.400 e. The lowest BCUT2D eigenvalue weighted by molar-refractivity contribution is -0.341. The molecule has 6 nitrogen and oxygen atoms in total. The molecule has 0 aromatic heterocycles. The van der Waals surface area contributed by atoms with Gasteiger partial charge in [-0.2, -0.15) is 38.1 Å². The van der Waals surface area contributed by atoms with Crippen molar-refractivity contribution in [1.29, 1.82) is 0 Å². The third-order valence-corrected chi connectivity index (χ3v) is 3.82. The molecule has 0 aliphatic rings. The van der Waals surface area contributed by atoms with E-state index in [0.29, 0.717) is 11.8 Å². The van der Waals surface area contributed by atoms with Gasteiger partial charge >= 0.3 is 12.4 Å². The fraction of sp³-hybridized carbons (Fsp3) is 0.800. The largest absolute Gasteiger partial charge is 0.431 e. The predicted octanol–water partition coefficient (Wildman–Crippen LogP) is 2.46. The molecule has 0 atom stereocenters. The van der Waals surface area contributed by atoms with Crippen molar-refractivity contribution >= 4 is 31.2 Å². The second kappa shape index (κ2) is 16.4. The SMILES string of the molecule is C=O.C=O.CC(C)(CO)NC(=O)CCSCCC(F)(C(F)(F)F)C(F)(F)F.CO. The zero-order valence-electron chi connectivity index (χ0n) is 16.1. The number of nitrogens with one attached hydrogen (secondary N) is 1. The highest BCUT2D eigenvalue weighted by atomic mass is 32.2. The average molecular weight is 465 g/mol. The monoisotopic (exact) mass is 465 g/mol. The Morgan fingerprint density at radius 2 is 1.28 bits per heavy atom. The Morgan fingerprint density at radius 1 is 0.897 bits per heavy atom. The van der Waals surface area contributed by atoms with E-state index < -0.39 is 41.6 Å². The number of rotatable bonds is 8. The Labute approximate surface area is 168 Å². The Morgan fingerprint density at radius 3 is 1.59 bits per heavy atom. The summed E-state index contributed by atoms with van der Waals surface area (Å²) in [6, 6.07) is 0. The van der Waals surface area contributed by atoms with Crippen LogP contribution in [0.1, 0.15) is 26.7 Å². The Balaban J connectivity index is -0.000000472. The quantitative estimate of drug-likeness (QED) is 0.376. The number of carbonyl (C=O) groups excluding carboxylic acids is 3. The van der Waals surface area contributed by atoms with Gasteiger partial charge in [0.25, 0.3) is 5.67 Å². The molecular weight excluding hydrogens is 439 g/mol. The van der Waals surface area contributed by atoms with Crippen LogP contribution < -0.4 is 5.32 Å². The van der Waals surface area contributed by atoms with Gasteiger partial charge in [0, 0.05) is 25.7 Å². The Bertz CT molecular complexity index is 418. The lowest BCUT2D eigenvalue weighted by Gasteiger charge is -2.29. The number of hydrogen-bond acceptors (Lipinski definition) is 6. The fourth-order valence-electron chi connectivity index (χ4n) is 1.40. The molecule has 0 saturated carbocycles. The number of aliphatic hydroxyl groups is 2. The highest BCUT2D eigenvalue weighted by Gasteiger charge is 2.71. The van der Waals surface area contributed by atoms with Gasteiger partial charge in [-0.15, -0.1) is 0 Å². The minimum absolute atomic E-state index is 0.0703. The second-order valence-corrected chi connectivity index (χ2v) is 6.72. The lowest BCUT2D eigenvalue weighted by atomic mass is 10.0.